The molecule has 2 rings (SSSR count). The molecule has 0 saturated carbocycles. The second kappa shape index (κ2) is 9.06. The third-order valence-electron chi connectivity index (χ3n) is 4.37. The molecule has 0 spiro atoms. The number of rotatable bonds is 7. The average Bonchev–Trinajstić information content (AvgIpc) is 2.58. The Hall–Kier alpha value is -1.79. The summed E-state index contributed by atoms with van der Waals surface area (Å²) >= 11 is 0. The van der Waals surface area contributed by atoms with Gasteiger partial charge in [0.05, 0.1) is 12.6 Å². The van der Waals surface area contributed by atoms with E-state index in [0.717, 1.165) is 44.4 Å². The zero-order valence-electron chi connectivity index (χ0n) is 16.1. The predicted molar refractivity (Wildman–Crippen MR) is 102 cm³/mol. The van der Waals surface area contributed by atoms with Crippen LogP contribution in [0.2, 0.25) is 0 Å². The van der Waals surface area contributed by atoms with E-state index in [0.29, 0.717) is 0 Å². The van der Waals surface area contributed by atoms with Crippen LogP contribution >= 0.6 is 0 Å². The minimum absolute atomic E-state index is 0.178. The van der Waals surface area contributed by atoms with Gasteiger partial charge in [0.2, 0.25) is 0 Å². The highest BCUT2D eigenvalue weighted by molar-refractivity contribution is 5.80. The molecule has 2 N–H and O–H groups in total. The van der Waals surface area contributed by atoms with E-state index in [-0.39, 0.29) is 11.6 Å². The summed E-state index contributed by atoms with van der Waals surface area (Å²) in [4.78, 5) is 6.61. The number of likely N-dealkylation sites (N-methyl/N-ethyl adjacent to an activating group) is 1. The second-order valence-corrected chi connectivity index (χ2v) is 7.10. The number of para-hydroxylation sites is 1. The van der Waals surface area contributed by atoms with Crippen LogP contribution in [0.25, 0.3) is 0 Å². The van der Waals surface area contributed by atoms with Gasteiger partial charge in [-0.3, -0.25) is 4.99 Å². The van der Waals surface area contributed by atoms with Gasteiger partial charge < -0.3 is 25.0 Å². The van der Waals surface area contributed by atoms with Crippen molar-refractivity contribution in [3.63, 3.8) is 0 Å². The summed E-state index contributed by atoms with van der Waals surface area (Å²) in [6.45, 7) is 7.67. The van der Waals surface area contributed by atoms with E-state index in [1.54, 1.807) is 14.2 Å². The van der Waals surface area contributed by atoms with Crippen molar-refractivity contribution in [1.29, 1.82) is 0 Å². The van der Waals surface area contributed by atoms with Crippen molar-refractivity contribution in [2.24, 2.45) is 4.99 Å². The topological polar surface area (TPSA) is 58.1 Å². The Bertz CT molecular complexity index is 574. The summed E-state index contributed by atoms with van der Waals surface area (Å²) in [6.07, 6.45) is 0.887. The number of fused-ring (bicyclic) bond motifs is 1. The van der Waals surface area contributed by atoms with Gasteiger partial charge >= 0.3 is 0 Å². The third-order valence-corrected chi connectivity index (χ3v) is 4.37. The Balaban J connectivity index is 1.93. The monoisotopic (exact) mass is 348 g/mol. The smallest absolute Gasteiger partial charge is 0.191 e. The third kappa shape index (κ3) is 5.90. The van der Waals surface area contributed by atoms with Crippen molar-refractivity contribution in [3.05, 3.63) is 29.8 Å². The molecule has 0 radical (unpaired) electrons. The molecular weight excluding hydrogens is 316 g/mol. The molecule has 6 nitrogen and oxygen atoms in total. The van der Waals surface area contributed by atoms with Gasteiger partial charge in [-0.2, -0.15) is 0 Å². The predicted octanol–water partition coefficient (Wildman–Crippen LogP) is 2.03. The Morgan fingerprint density at radius 3 is 2.84 bits per heavy atom. The van der Waals surface area contributed by atoms with Gasteiger partial charge in [-0.1, -0.05) is 18.2 Å². The molecule has 140 valence electrons. The van der Waals surface area contributed by atoms with Crippen LogP contribution in [0.1, 0.15) is 31.9 Å². The summed E-state index contributed by atoms with van der Waals surface area (Å²) in [5.41, 5.74) is 0.979. The quantitative estimate of drug-likeness (QED) is 0.583. The second-order valence-electron chi connectivity index (χ2n) is 7.10. The molecule has 1 aliphatic heterocycles. The number of guanidine groups is 1. The fraction of sp³-hybridized carbons (Fsp3) is 0.632. The lowest BCUT2D eigenvalue weighted by Crippen LogP contribution is -2.46. The number of benzene rings is 1. The fourth-order valence-electron chi connectivity index (χ4n) is 3.01. The van der Waals surface area contributed by atoms with Crippen LogP contribution < -0.4 is 15.4 Å². The number of ether oxygens (including phenoxy) is 2. The normalized spacial score (nSPS) is 19.3. The van der Waals surface area contributed by atoms with Gasteiger partial charge in [-0.05, 0) is 27.0 Å². The summed E-state index contributed by atoms with van der Waals surface area (Å²) in [5, 5.41) is 6.95. The lowest BCUT2D eigenvalue weighted by atomic mass is 9.90. The van der Waals surface area contributed by atoms with Gasteiger partial charge in [-0.15, -0.1) is 0 Å². The van der Waals surface area contributed by atoms with Crippen molar-refractivity contribution in [2.45, 2.75) is 31.9 Å². The van der Waals surface area contributed by atoms with E-state index in [4.69, 9.17) is 9.47 Å². The van der Waals surface area contributed by atoms with Crippen molar-refractivity contribution in [3.8, 4) is 5.75 Å². The number of aliphatic imine (C=N–C) groups is 1. The molecular formula is C19H32N4O2. The lowest BCUT2D eigenvalue weighted by molar-refractivity contribution is 0.0694. The molecule has 0 amide bonds. The van der Waals surface area contributed by atoms with E-state index in [1.165, 1.54) is 5.56 Å². The van der Waals surface area contributed by atoms with Crippen LogP contribution in [0.5, 0.6) is 5.75 Å². The van der Waals surface area contributed by atoms with Gasteiger partial charge in [0.15, 0.2) is 5.96 Å². The molecule has 1 aliphatic rings. The number of hydrogen-bond donors (Lipinski definition) is 2. The summed E-state index contributed by atoms with van der Waals surface area (Å²) in [5.74, 6) is 1.77. The highest BCUT2D eigenvalue weighted by atomic mass is 16.5. The molecule has 0 aliphatic carbocycles. The van der Waals surface area contributed by atoms with Crippen molar-refractivity contribution >= 4 is 5.96 Å². The molecule has 1 aromatic rings. The zero-order chi connectivity index (χ0) is 18.3. The molecule has 1 atom stereocenters. The van der Waals surface area contributed by atoms with Crippen LogP contribution in [0.4, 0.5) is 0 Å². The summed E-state index contributed by atoms with van der Waals surface area (Å²) < 4.78 is 11.2. The van der Waals surface area contributed by atoms with Gasteiger partial charge in [0.1, 0.15) is 11.4 Å². The van der Waals surface area contributed by atoms with Crippen LogP contribution in [0, 0.1) is 0 Å². The number of hydrogen-bond acceptors (Lipinski definition) is 4. The Kier molecular flexibility index (Phi) is 7.08. The maximum atomic E-state index is 6.10. The molecule has 0 fully saturated rings. The number of nitrogens with one attached hydrogen (secondary N) is 2. The zero-order valence-corrected chi connectivity index (χ0v) is 16.1. The maximum Gasteiger partial charge on any atom is 0.191 e. The van der Waals surface area contributed by atoms with Crippen LogP contribution in [0.15, 0.2) is 29.3 Å². The lowest BCUT2D eigenvalue weighted by Gasteiger charge is -2.38. The summed E-state index contributed by atoms with van der Waals surface area (Å²) in [7, 11) is 5.62. The first kappa shape index (κ1) is 19.5. The Morgan fingerprint density at radius 1 is 1.36 bits per heavy atom. The number of nitrogens with zero attached hydrogens (tertiary/aromatic N) is 2. The minimum Gasteiger partial charge on any atom is -0.487 e. The molecule has 1 unspecified atom stereocenters. The summed E-state index contributed by atoms with van der Waals surface area (Å²) in [6, 6.07) is 8.40. The molecule has 1 aromatic carbocycles. The van der Waals surface area contributed by atoms with Crippen molar-refractivity contribution in [1.82, 2.24) is 15.5 Å². The largest absolute Gasteiger partial charge is 0.487 e. The van der Waals surface area contributed by atoms with Crippen LogP contribution in [-0.2, 0) is 4.74 Å². The SMILES string of the molecule is CN=C(NCCN(C)CCOC)NC1CC(C)(C)Oc2ccccc21. The Morgan fingerprint density at radius 2 is 2.12 bits per heavy atom. The van der Waals surface area contributed by atoms with E-state index < -0.39 is 0 Å². The average molecular weight is 348 g/mol. The standard InChI is InChI=1S/C19H32N4O2/c1-19(2)14-16(15-8-6-7-9-17(15)25-19)22-18(20-3)21-10-11-23(4)12-13-24-5/h6-9,16H,10-14H2,1-5H3,(H2,20,21,22). The molecule has 1 heterocycles. The van der Waals surface area contributed by atoms with Gasteiger partial charge in [-0.25, -0.2) is 0 Å². The molecule has 6 heteroatoms. The van der Waals surface area contributed by atoms with Gasteiger partial charge in [0, 0.05) is 45.8 Å². The first-order chi connectivity index (χ1) is 11.9. The number of methoxy groups -OCH3 is 1. The maximum absolute atomic E-state index is 6.10. The first-order valence-corrected chi connectivity index (χ1v) is 8.88. The minimum atomic E-state index is -0.203. The van der Waals surface area contributed by atoms with Crippen LogP contribution in [0.3, 0.4) is 0 Å². The fourth-order valence-corrected chi connectivity index (χ4v) is 3.01. The highest BCUT2D eigenvalue weighted by Crippen LogP contribution is 2.39. The van der Waals surface area contributed by atoms with E-state index in [1.807, 2.05) is 12.1 Å². The first-order valence-electron chi connectivity index (χ1n) is 8.88. The van der Waals surface area contributed by atoms with E-state index >= 15 is 0 Å². The van der Waals surface area contributed by atoms with Crippen LogP contribution in [-0.4, -0.2) is 63.9 Å². The molecule has 0 saturated heterocycles. The highest BCUT2D eigenvalue weighted by Gasteiger charge is 2.33. The Labute approximate surface area is 151 Å². The van der Waals surface area contributed by atoms with E-state index in [2.05, 4.69) is 53.6 Å². The van der Waals surface area contributed by atoms with Gasteiger partial charge in [0.25, 0.3) is 0 Å². The molecule has 0 bridgehead atoms. The molecule has 25 heavy (non-hydrogen) atoms. The van der Waals surface area contributed by atoms with E-state index in [9.17, 15) is 0 Å². The van der Waals surface area contributed by atoms with Crippen molar-refractivity contribution < 1.29 is 9.47 Å². The molecule has 0 aromatic heterocycles. The van der Waals surface area contributed by atoms with Crippen molar-refractivity contribution in [2.75, 3.05) is 47.4 Å².